The van der Waals surface area contributed by atoms with Crippen molar-refractivity contribution in [3.8, 4) is 6.07 Å². The molecule has 5 nitrogen and oxygen atoms in total. The molecule has 0 saturated heterocycles. The number of hydrogen-bond donors (Lipinski definition) is 1. The molecule has 0 bridgehead atoms. The molecule has 1 aromatic heterocycles. The Morgan fingerprint density at radius 2 is 2.00 bits per heavy atom. The molecule has 0 spiro atoms. The molecule has 0 fully saturated rings. The zero-order chi connectivity index (χ0) is 15.6. The fraction of sp³-hybridized carbons (Fsp3) is 0. The third kappa shape index (κ3) is 3.66. The smallest absolute Gasteiger partial charge is 0.263 e. The lowest BCUT2D eigenvalue weighted by atomic mass is 10.2. The first-order valence-corrected chi connectivity index (χ1v) is 8.40. The summed E-state index contributed by atoms with van der Waals surface area (Å²) in [7, 11) is -3.89. The van der Waals surface area contributed by atoms with Gasteiger partial charge in [-0.15, -0.1) is 0 Å². The summed E-state index contributed by atoms with van der Waals surface area (Å²) < 4.78 is 27.3. The van der Waals surface area contributed by atoms with E-state index in [1.54, 1.807) is 0 Å². The van der Waals surface area contributed by atoms with Crippen LogP contribution in [0.1, 0.15) is 5.56 Å². The predicted octanol–water partition coefficient (Wildman–Crippen LogP) is 3.82. The third-order valence-corrected chi connectivity index (χ3v) is 5.40. The van der Waals surface area contributed by atoms with Crippen LogP contribution < -0.4 is 4.72 Å². The fourth-order valence-electron chi connectivity index (χ4n) is 1.48. The highest BCUT2D eigenvalue weighted by Gasteiger charge is 2.19. The van der Waals surface area contributed by atoms with Crippen molar-refractivity contribution in [1.82, 2.24) is 4.98 Å². The molecular formula is C12H6BrCl2N3O2S. The van der Waals surface area contributed by atoms with Gasteiger partial charge in [-0.2, -0.15) is 5.26 Å². The topological polar surface area (TPSA) is 82.8 Å². The van der Waals surface area contributed by atoms with Gasteiger partial charge in [0.25, 0.3) is 10.0 Å². The van der Waals surface area contributed by atoms with E-state index < -0.39 is 10.0 Å². The van der Waals surface area contributed by atoms with Gasteiger partial charge in [-0.05, 0) is 40.2 Å². The molecule has 0 radical (unpaired) electrons. The van der Waals surface area contributed by atoms with E-state index in [0.29, 0.717) is 4.47 Å². The third-order valence-electron chi connectivity index (χ3n) is 2.40. The molecule has 108 valence electrons. The number of sulfonamides is 1. The van der Waals surface area contributed by atoms with Crippen LogP contribution in [0.3, 0.4) is 0 Å². The first-order valence-electron chi connectivity index (χ1n) is 5.37. The SMILES string of the molecule is N#Cc1ccc(S(=O)(=O)Nc2cnc(Cl)c(Br)c2)c(Cl)c1. The van der Waals surface area contributed by atoms with E-state index in [0.717, 1.165) is 0 Å². The summed E-state index contributed by atoms with van der Waals surface area (Å²) in [4.78, 5) is 3.69. The van der Waals surface area contributed by atoms with E-state index >= 15 is 0 Å². The van der Waals surface area contributed by atoms with Crippen LogP contribution in [0.5, 0.6) is 0 Å². The maximum absolute atomic E-state index is 12.3. The summed E-state index contributed by atoms with van der Waals surface area (Å²) in [5.41, 5.74) is 0.501. The summed E-state index contributed by atoms with van der Waals surface area (Å²) >= 11 is 14.8. The van der Waals surface area contributed by atoms with Crippen molar-refractivity contribution in [2.75, 3.05) is 4.72 Å². The molecule has 0 unspecified atom stereocenters. The van der Waals surface area contributed by atoms with Gasteiger partial charge in [0.15, 0.2) is 0 Å². The minimum atomic E-state index is -3.89. The van der Waals surface area contributed by atoms with Crippen molar-refractivity contribution in [1.29, 1.82) is 5.26 Å². The number of aromatic nitrogens is 1. The standard InChI is InChI=1S/C12H6BrCl2N3O2S/c13-9-4-8(6-17-12(9)15)18-21(19,20)11-2-1-7(5-16)3-10(11)14/h1-4,6,18H. The van der Waals surface area contributed by atoms with Gasteiger partial charge in [0.1, 0.15) is 10.0 Å². The van der Waals surface area contributed by atoms with E-state index in [4.69, 9.17) is 28.5 Å². The molecular weight excluding hydrogens is 401 g/mol. The van der Waals surface area contributed by atoms with Gasteiger partial charge in [0.05, 0.1) is 33.0 Å². The van der Waals surface area contributed by atoms with Gasteiger partial charge in [0.2, 0.25) is 0 Å². The van der Waals surface area contributed by atoms with Crippen molar-refractivity contribution in [2.24, 2.45) is 0 Å². The number of nitrogens with one attached hydrogen (secondary N) is 1. The predicted molar refractivity (Wildman–Crippen MR) is 83.9 cm³/mol. The number of nitrogens with zero attached hydrogens (tertiary/aromatic N) is 2. The van der Waals surface area contributed by atoms with Gasteiger partial charge in [0, 0.05) is 0 Å². The number of benzene rings is 1. The van der Waals surface area contributed by atoms with E-state index in [1.165, 1.54) is 30.5 Å². The molecule has 1 aromatic carbocycles. The van der Waals surface area contributed by atoms with Crippen LogP contribution in [0.15, 0.2) is 39.8 Å². The second-order valence-corrected chi connectivity index (χ2v) is 7.13. The first kappa shape index (κ1) is 16.0. The number of hydrogen-bond acceptors (Lipinski definition) is 4. The second kappa shape index (κ2) is 6.20. The Kier molecular flexibility index (Phi) is 4.74. The first-order chi connectivity index (χ1) is 9.83. The van der Waals surface area contributed by atoms with E-state index in [2.05, 4.69) is 25.6 Å². The summed E-state index contributed by atoms with van der Waals surface area (Å²) in [6.45, 7) is 0. The molecule has 1 N–H and O–H groups in total. The lowest BCUT2D eigenvalue weighted by Gasteiger charge is -2.10. The molecule has 2 rings (SSSR count). The van der Waals surface area contributed by atoms with Gasteiger partial charge in [-0.1, -0.05) is 23.2 Å². The highest BCUT2D eigenvalue weighted by molar-refractivity contribution is 9.10. The van der Waals surface area contributed by atoms with Crippen LogP contribution in [0.2, 0.25) is 10.2 Å². The molecule has 9 heteroatoms. The molecule has 21 heavy (non-hydrogen) atoms. The number of pyridine rings is 1. The van der Waals surface area contributed by atoms with Crippen molar-refractivity contribution in [3.05, 3.63) is 50.7 Å². The summed E-state index contributed by atoms with van der Waals surface area (Å²) in [6.07, 6.45) is 1.28. The van der Waals surface area contributed by atoms with Gasteiger partial charge in [-0.25, -0.2) is 13.4 Å². The molecule has 0 saturated carbocycles. The molecule has 0 aliphatic carbocycles. The molecule has 0 amide bonds. The van der Waals surface area contributed by atoms with E-state index in [9.17, 15) is 8.42 Å². The Morgan fingerprint density at radius 3 is 2.57 bits per heavy atom. The Morgan fingerprint density at radius 1 is 1.29 bits per heavy atom. The van der Waals surface area contributed by atoms with Crippen molar-refractivity contribution >= 4 is 54.8 Å². The zero-order valence-corrected chi connectivity index (χ0v) is 14.1. The lowest BCUT2D eigenvalue weighted by Crippen LogP contribution is -2.13. The molecule has 1 heterocycles. The van der Waals surface area contributed by atoms with E-state index in [-0.39, 0.29) is 26.3 Å². The zero-order valence-electron chi connectivity index (χ0n) is 10.1. The normalized spacial score (nSPS) is 11.0. The fourth-order valence-corrected chi connectivity index (χ4v) is 3.51. The summed E-state index contributed by atoms with van der Waals surface area (Å²) in [5.74, 6) is 0. The van der Waals surface area contributed by atoms with Crippen molar-refractivity contribution < 1.29 is 8.42 Å². The molecule has 0 aliphatic rings. The number of halogens is 3. The highest BCUT2D eigenvalue weighted by Crippen LogP contribution is 2.27. The number of nitriles is 1. The highest BCUT2D eigenvalue weighted by atomic mass is 79.9. The second-order valence-electron chi connectivity index (χ2n) is 3.86. The van der Waals surface area contributed by atoms with Crippen molar-refractivity contribution in [2.45, 2.75) is 4.90 Å². The maximum Gasteiger partial charge on any atom is 0.263 e. The van der Waals surface area contributed by atoms with Crippen LogP contribution >= 0.6 is 39.1 Å². The Hall–Kier alpha value is -1.33. The largest absolute Gasteiger partial charge is 0.278 e. The Balaban J connectivity index is 2.38. The van der Waals surface area contributed by atoms with Crippen LogP contribution in [-0.2, 0) is 10.0 Å². The molecule has 0 atom stereocenters. The monoisotopic (exact) mass is 405 g/mol. The number of anilines is 1. The van der Waals surface area contributed by atoms with Crippen molar-refractivity contribution in [3.63, 3.8) is 0 Å². The minimum Gasteiger partial charge on any atom is -0.278 e. The summed E-state index contributed by atoms with van der Waals surface area (Å²) in [6, 6.07) is 7.28. The Bertz CT molecular complexity index is 850. The lowest BCUT2D eigenvalue weighted by molar-refractivity contribution is 0.601. The van der Waals surface area contributed by atoms with Gasteiger partial charge >= 0.3 is 0 Å². The van der Waals surface area contributed by atoms with Gasteiger partial charge < -0.3 is 0 Å². The van der Waals surface area contributed by atoms with Crippen LogP contribution in [-0.4, -0.2) is 13.4 Å². The van der Waals surface area contributed by atoms with Crippen LogP contribution in [0.4, 0.5) is 5.69 Å². The quantitative estimate of drug-likeness (QED) is 0.785. The Labute approximate surface area is 139 Å². The van der Waals surface area contributed by atoms with E-state index in [1.807, 2.05) is 6.07 Å². The maximum atomic E-state index is 12.3. The molecule has 0 aliphatic heterocycles. The van der Waals surface area contributed by atoms with Crippen LogP contribution in [0, 0.1) is 11.3 Å². The average Bonchev–Trinajstić information content (AvgIpc) is 2.42. The minimum absolute atomic E-state index is 0.0393. The summed E-state index contributed by atoms with van der Waals surface area (Å²) in [5, 5.41) is 8.93. The van der Waals surface area contributed by atoms with Crippen LogP contribution in [0.25, 0.3) is 0 Å². The number of rotatable bonds is 3. The molecule has 2 aromatic rings. The van der Waals surface area contributed by atoms with Gasteiger partial charge in [-0.3, -0.25) is 4.72 Å². The average molecular weight is 407 g/mol.